The van der Waals surface area contributed by atoms with Gasteiger partial charge in [0, 0.05) is 11.4 Å². The van der Waals surface area contributed by atoms with Crippen LogP contribution >= 0.6 is 0 Å². The lowest BCUT2D eigenvalue weighted by Crippen LogP contribution is -2.41. The van der Waals surface area contributed by atoms with Crippen molar-refractivity contribution in [2.45, 2.75) is 104 Å². The molecule has 2 aliphatic rings. The van der Waals surface area contributed by atoms with Crippen molar-refractivity contribution in [3.05, 3.63) is 48.5 Å². The number of ether oxygens (including phenoxy) is 1. The highest BCUT2D eigenvalue weighted by atomic mass is 16.7. The minimum atomic E-state index is -0.534. The quantitative estimate of drug-likeness (QED) is 0.424. The Bertz CT molecular complexity index is 1140. The van der Waals surface area contributed by atoms with Gasteiger partial charge < -0.3 is 29.1 Å². The molecule has 0 unspecified atom stereocenters. The number of benzene rings is 2. The summed E-state index contributed by atoms with van der Waals surface area (Å²) in [5, 5.41) is 2.73. The predicted molar refractivity (Wildman–Crippen MR) is 159 cm³/mol. The van der Waals surface area contributed by atoms with Crippen molar-refractivity contribution in [2.24, 2.45) is 0 Å². The van der Waals surface area contributed by atoms with Crippen molar-refractivity contribution in [1.29, 1.82) is 0 Å². The van der Waals surface area contributed by atoms with Gasteiger partial charge in [0.1, 0.15) is 5.60 Å². The Labute approximate surface area is 234 Å². The van der Waals surface area contributed by atoms with E-state index in [0.29, 0.717) is 5.69 Å². The first-order valence-corrected chi connectivity index (χ1v) is 13.4. The second-order valence-corrected chi connectivity index (χ2v) is 13.1. The lowest BCUT2D eigenvalue weighted by Gasteiger charge is -2.32. The molecule has 0 saturated carbocycles. The fraction of sp³-hybridized carbons (Fsp3) is 0.552. The molecule has 3 N–H and O–H groups in total. The Balaban J connectivity index is 0.000000230. The largest absolute Gasteiger partial charge is 0.494 e. The lowest BCUT2D eigenvalue weighted by molar-refractivity contribution is 0.00578. The van der Waals surface area contributed by atoms with Gasteiger partial charge in [0.15, 0.2) is 0 Å². The average molecular weight is 538 g/mol. The van der Waals surface area contributed by atoms with Gasteiger partial charge in [0.05, 0.1) is 22.4 Å². The molecular weight excluding hydrogens is 494 g/mol. The van der Waals surface area contributed by atoms with Crippen molar-refractivity contribution in [3.8, 4) is 0 Å². The Morgan fingerprint density at radius 2 is 1.15 bits per heavy atom. The number of hydrogen-bond donors (Lipinski definition) is 2. The number of nitrogen functional groups attached to an aromatic ring is 1. The van der Waals surface area contributed by atoms with Crippen molar-refractivity contribution in [1.82, 2.24) is 0 Å². The summed E-state index contributed by atoms with van der Waals surface area (Å²) in [6.45, 7) is 21.7. The molecule has 2 heterocycles. The highest BCUT2D eigenvalue weighted by Gasteiger charge is 2.52. The predicted octanol–water partition coefficient (Wildman–Crippen LogP) is 4.90. The molecule has 2 fully saturated rings. The van der Waals surface area contributed by atoms with Crippen LogP contribution in [0, 0.1) is 0 Å². The molecule has 0 aromatic heterocycles. The summed E-state index contributed by atoms with van der Waals surface area (Å²) in [6, 6.07) is 15.0. The van der Waals surface area contributed by atoms with Gasteiger partial charge in [-0.25, -0.2) is 4.79 Å². The van der Waals surface area contributed by atoms with E-state index in [2.05, 4.69) is 5.32 Å². The van der Waals surface area contributed by atoms with E-state index in [1.54, 1.807) is 6.07 Å². The molecule has 2 saturated heterocycles. The van der Waals surface area contributed by atoms with Gasteiger partial charge >= 0.3 is 20.3 Å². The standard InChI is InChI=1S/C17H26BNO4.C12H18BNO2/c1-15(2,3)21-14(20)19-13-10-8-9-12(11-13)18-22-16(4,5)17(6,7)23-18;1-11(2)12(3,4)16-13(15-11)9-6-5-7-10(14)8-9/h8-11H,1-7H3,(H,19,20);5-8H,14H2,1-4H3. The molecule has 0 spiro atoms. The Morgan fingerprint density at radius 3 is 1.56 bits per heavy atom. The van der Waals surface area contributed by atoms with E-state index in [9.17, 15) is 4.79 Å². The van der Waals surface area contributed by atoms with Crippen LogP contribution in [0.3, 0.4) is 0 Å². The van der Waals surface area contributed by atoms with Crippen LogP contribution in [-0.4, -0.2) is 48.3 Å². The maximum Gasteiger partial charge on any atom is 0.494 e. The summed E-state index contributed by atoms with van der Waals surface area (Å²) in [7, 11) is -0.783. The summed E-state index contributed by atoms with van der Waals surface area (Å²) < 4.78 is 29.2. The molecule has 0 aliphatic carbocycles. The average Bonchev–Trinajstić information content (AvgIpc) is 3.12. The maximum absolute atomic E-state index is 11.9. The number of amides is 1. The first-order chi connectivity index (χ1) is 17.7. The fourth-order valence-electron chi connectivity index (χ4n) is 3.85. The molecule has 8 nitrogen and oxygen atoms in total. The van der Waals surface area contributed by atoms with Crippen LogP contribution < -0.4 is 22.0 Å². The topological polar surface area (TPSA) is 101 Å². The van der Waals surface area contributed by atoms with Crippen LogP contribution in [0.2, 0.25) is 0 Å². The van der Waals surface area contributed by atoms with Crippen molar-refractivity contribution >= 4 is 42.6 Å². The molecule has 4 rings (SSSR count). The molecule has 39 heavy (non-hydrogen) atoms. The number of carbonyl (C=O) groups is 1. The minimum absolute atomic E-state index is 0.303. The zero-order valence-corrected chi connectivity index (χ0v) is 25.3. The van der Waals surface area contributed by atoms with E-state index in [-0.39, 0.29) is 18.3 Å². The fourth-order valence-corrected chi connectivity index (χ4v) is 3.85. The van der Waals surface area contributed by atoms with E-state index in [0.717, 1.165) is 16.6 Å². The third-order valence-electron chi connectivity index (χ3n) is 7.49. The monoisotopic (exact) mass is 538 g/mol. The van der Waals surface area contributed by atoms with E-state index >= 15 is 0 Å². The second kappa shape index (κ2) is 10.8. The normalized spacial score (nSPS) is 20.7. The summed E-state index contributed by atoms with van der Waals surface area (Å²) >= 11 is 0. The third-order valence-corrected chi connectivity index (χ3v) is 7.49. The Kier molecular flexibility index (Phi) is 8.59. The number of rotatable bonds is 3. The van der Waals surface area contributed by atoms with Gasteiger partial charge in [-0.05, 0) is 111 Å². The number of hydrogen-bond acceptors (Lipinski definition) is 7. The molecule has 0 bridgehead atoms. The van der Waals surface area contributed by atoms with Crippen molar-refractivity contribution < 1.29 is 28.1 Å². The molecule has 0 radical (unpaired) electrons. The number of anilines is 2. The van der Waals surface area contributed by atoms with Crippen LogP contribution in [0.5, 0.6) is 0 Å². The van der Waals surface area contributed by atoms with Crippen LogP contribution in [0.25, 0.3) is 0 Å². The zero-order chi connectivity index (χ0) is 29.4. The first-order valence-electron chi connectivity index (χ1n) is 13.4. The van der Waals surface area contributed by atoms with Crippen molar-refractivity contribution in [3.63, 3.8) is 0 Å². The van der Waals surface area contributed by atoms with Gasteiger partial charge in [0.25, 0.3) is 0 Å². The molecule has 1 amide bonds. The van der Waals surface area contributed by atoms with Crippen LogP contribution in [0.1, 0.15) is 76.2 Å². The van der Waals surface area contributed by atoms with Gasteiger partial charge in [-0.2, -0.15) is 0 Å². The maximum atomic E-state index is 11.9. The molecule has 2 aromatic carbocycles. The molecule has 2 aromatic rings. The van der Waals surface area contributed by atoms with Gasteiger partial charge in [-0.15, -0.1) is 0 Å². The summed E-state index contributed by atoms with van der Waals surface area (Å²) in [5.41, 5.74) is 7.02. The summed E-state index contributed by atoms with van der Waals surface area (Å²) in [5.74, 6) is 0. The van der Waals surface area contributed by atoms with Crippen molar-refractivity contribution in [2.75, 3.05) is 11.1 Å². The third kappa shape index (κ3) is 7.57. The highest BCUT2D eigenvalue weighted by molar-refractivity contribution is 6.62. The molecule has 2 aliphatic heterocycles. The van der Waals surface area contributed by atoms with Crippen LogP contribution in [0.4, 0.5) is 16.2 Å². The first kappa shape index (κ1) is 31.0. The molecule has 0 atom stereocenters. The molecule has 10 heteroatoms. The number of carbonyl (C=O) groups excluding carboxylic acids is 1. The Morgan fingerprint density at radius 1 is 0.744 bits per heavy atom. The van der Waals surface area contributed by atoms with E-state index in [4.69, 9.17) is 29.1 Å². The molecular formula is C29H44B2N2O6. The highest BCUT2D eigenvalue weighted by Crippen LogP contribution is 2.37. The van der Waals surface area contributed by atoms with E-state index < -0.39 is 30.0 Å². The van der Waals surface area contributed by atoms with Gasteiger partial charge in [0.2, 0.25) is 0 Å². The Hall–Kier alpha value is -2.52. The summed E-state index contributed by atoms with van der Waals surface area (Å²) in [4.78, 5) is 11.9. The minimum Gasteiger partial charge on any atom is -0.444 e. The molecule has 212 valence electrons. The SMILES string of the molecule is CC(C)(C)OC(=O)Nc1cccc(B2OC(C)(C)C(C)(C)O2)c1.CC1(C)OB(c2cccc(N)c2)OC1(C)C. The second-order valence-electron chi connectivity index (χ2n) is 13.1. The smallest absolute Gasteiger partial charge is 0.444 e. The van der Waals surface area contributed by atoms with Gasteiger partial charge in [-0.3, -0.25) is 5.32 Å². The van der Waals surface area contributed by atoms with E-state index in [1.807, 2.05) is 119 Å². The number of nitrogens with one attached hydrogen (secondary N) is 1. The van der Waals surface area contributed by atoms with Gasteiger partial charge in [-0.1, -0.05) is 24.3 Å². The van der Waals surface area contributed by atoms with E-state index in [1.165, 1.54) is 0 Å². The number of nitrogens with two attached hydrogens (primary N) is 1. The zero-order valence-electron chi connectivity index (χ0n) is 25.3. The van der Waals surface area contributed by atoms with Crippen LogP contribution in [0.15, 0.2) is 48.5 Å². The van der Waals surface area contributed by atoms with Crippen LogP contribution in [-0.2, 0) is 23.4 Å². The summed E-state index contributed by atoms with van der Waals surface area (Å²) in [6.07, 6.45) is -0.483. The lowest BCUT2D eigenvalue weighted by atomic mass is 9.79.